The second-order valence-electron chi connectivity index (χ2n) is 4.19. The van der Waals surface area contributed by atoms with Gasteiger partial charge in [-0.05, 0) is 41.3 Å². The minimum Gasteiger partial charge on any atom is -0.258 e. The first-order chi connectivity index (χ1) is 8.56. The molecule has 18 heavy (non-hydrogen) atoms. The number of nitro groups is 1. The van der Waals surface area contributed by atoms with Crippen molar-refractivity contribution in [2.24, 2.45) is 0 Å². The minimum absolute atomic E-state index is 0.167. The van der Waals surface area contributed by atoms with Crippen LogP contribution in [0, 0.1) is 10.1 Å². The number of rotatable bonds is 1. The molecule has 0 N–H and O–H groups in total. The molecule has 0 bridgehead atoms. The van der Waals surface area contributed by atoms with Gasteiger partial charge < -0.3 is 0 Å². The summed E-state index contributed by atoms with van der Waals surface area (Å²) in [6.07, 6.45) is 0.740. The molecule has 0 aliphatic heterocycles. The van der Waals surface area contributed by atoms with Gasteiger partial charge in [0.2, 0.25) is 0 Å². The zero-order valence-corrected chi connectivity index (χ0v) is 12.3. The fourth-order valence-corrected chi connectivity index (χ4v) is 3.30. The molecule has 0 aromatic heterocycles. The molecular weight excluding hydrogens is 362 g/mol. The van der Waals surface area contributed by atoms with E-state index in [9.17, 15) is 10.1 Å². The summed E-state index contributed by atoms with van der Waals surface area (Å²) in [6, 6.07) is 9.39. The Bertz CT molecular complexity index is 683. The van der Waals surface area contributed by atoms with Crippen molar-refractivity contribution in [2.75, 3.05) is 0 Å². The normalized spacial score (nSPS) is 12.1. The lowest BCUT2D eigenvalue weighted by molar-refractivity contribution is -0.384. The van der Waals surface area contributed by atoms with E-state index in [1.54, 1.807) is 6.07 Å². The summed E-state index contributed by atoms with van der Waals surface area (Å²) in [5, 5.41) is 11.2. The van der Waals surface area contributed by atoms with Crippen LogP contribution in [-0.2, 0) is 6.42 Å². The zero-order valence-electron chi connectivity index (χ0n) is 9.11. The first-order valence-corrected chi connectivity index (χ1v) is 6.90. The van der Waals surface area contributed by atoms with Crippen LogP contribution < -0.4 is 0 Å². The van der Waals surface area contributed by atoms with Gasteiger partial charge in [-0.2, -0.15) is 0 Å². The second kappa shape index (κ2) is 4.17. The monoisotopic (exact) mass is 367 g/mol. The Balaban J connectivity index is 2.32. The molecule has 0 saturated carbocycles. The van der Waals surface area contributed by atoms with Crippen molar-refractivity contribution in [1.29, 1.82) is 0 Å². The van der Waals surface area contributed by atoms with Gasteiger partial charge in [-0.15, -0.1) is 0 Å². The first-order valence-electron chi connectivity index (χ1n) is 5.32. The maximum atomic E-state index is 11.2. The summed E-state index contributed by atoms with van der Waals surface area (Å²) in [6.45, 7) is 0. The second-order valence-corrected chi connectivity index (χ2v) is 6.03. The first kappa shape index (κ1) is 11.9. The van der Waals surface area contributed by atoms with Crippen molar-refractivity contribution in [3.05, 3.63) is 60.5 Å². The van der Waals surface area contributed by atoms with Gasteiger partial charge in [0.1, 0.15) is 0 Å². The highest BCUT2D eigenvalue weighted by Crippen LogP contribution is 2.44. The van der Waals surface area contributed by atoms with Crippen molar-refractivity contribution in [2.45, 2.75) is 6.42 Å². The van der Waals surface area contributed by atoms with Gasteiger partial charge in [-0.3, -0.25) is 10.1 Å². The van der Waals surface area contributed by atoms with E-state index < -0.39 is 0 Å². The highest BCUT2D eigenvalue weighted by molar-refractivity contribution is 9.10. The molecule has 0 amide bonds. The molecule has 2 aromatic carbocycles. The van der Waals surface area contributed by atoms with Gasteiger partial charge in [-0.1, -0.05) is 37.9 Å². The number of nitrogens with zero attached hydrogens (tertiary/aromatic N) is 1. The highest BCUT2D eigenvalue weighted by Gasteiger charge is 2.27. The van der Waals surface area contributed by atoms with E-state index in [0.29, 0.717) is 0 Å². The lowest BCUT2D eigenvalue weighted by Crippen LogP contribution is -1.92. The quantitative estimate of drug-likeness (QED) is 0.462. The zero-order chi connectivity index (χ0) is 12.9. The summed E-state index contributed by atoms with van der Waals surface area (Å²) in [4.78, 5) is 10.8. The van der Waals surface area contributed by atoms with E-state index in [-0.39, 0.29) is 10.6 Å². The molecule has 3 rings (SSSR count). The van der Waals surface area contributed by atoms with Crippen LogP contribution in [0.25, 0.3) is 11.1 Å². The van der Waals surface area contributed by atoms with Crippen molar-refractivity contribution < 1.29 is 4.92 Å². The Kier molecular flexibility index (Phi) is 2.75. The summed E-state index contributed by atoms with van der Waals surface area (Å²) >= 11 is 6.76. The van der Waals surface area contributed by atoms with E-state index in [0.717, 1.165) is 37.6 Å². The lowest BCUT2D eigenvalue weighted by atomic mass is 10.0. The Labute approximate surface area is 120 Å². The molecule has 1 aliphatic rings. The summed E-state index contributed by atoms with van der Waals surface area (Å²) < 4.78 is 1.75. The largest absolute Gasteiger partial charge is 0.278 e. The third-order valence-corrected chi connectivity index (χ3v) is 4.03. The predicted octanol–water partition coefficient (Wildman–Crippen LogP) is 4.69. The lowest BCUT2D eigenvalue weighted by Gasteiger charge is -2.03. The van der Waals surface area contributed by atoms with E-state index in [4.69, 9.17) is 0 Å². The predicted molar refractivity (Wildman–Crippen MR) is 76.7 cm³/mol. The number of hydrogen-bond acceptors (Lipinski definition) is 2. The molecule has 0 radical (unpaired) electrons. The van der Waals surface area contributed by atoms with Crippen molar-refractivity contribution in [3.63, 3.8) is 0 Å². The van der Waals surface area contributed by atoms with Crippen LogP contribution >= 0.6 is 31.9 Å². The maximum absolute atomic E-state index is 11.2. The number of fused-ring (bicyclic) bond motifs is 3. The number of nitro benzene ring substituents is 1. The number of halogens is 2. The Morgan fingerprint density at radius 2 is 1.78 bits per heavy atom. The van der Waals surface area contributed by atoms with Gasteiger partial charge in [0, 0.05) is 15.0 Å². The Morgan fingerprint density at radius 3 is 2.50 bits per heavy atom. The fourth-order valence-electron chi connectivity index (χ4n) is 2.40. The molecule has 2 aromatic rings. The Hall–Kier alpha value is -1.20. The summed E-state index contributed by atoms with van der Waals surface area (Å²) in [7, 11) is 0. The SMILES string of the molecule is O=[N+]([O-])c1cc(Br)cc2c1-c1ccc(Br)cc1C2. The van der Waals surface area contributed by atoms with Gasteiger partial charge in [-0.25, -0.2) is 0 Å². The molecule has 3 nitrogen and oxygen atoms in total. The van der Waals surface area contributed by atoms with E-state index >= 15 is 0 Å². The van der Waals surface area contributed by atoms with Gasteiger partial charge in [0.25, 0.3) is 5.69 Å². The number of benzene rings is 2. The molecule has 0 fully saturated rings. The van der Waals surface area contributed by atoms with Crippen molar-refractivity contribution >= 4 is 37.5 Å². The van der Waals surface area contributed by atoms with Gasteiger partial charge in [0.15, 0.2) is 0 Å². The summed E-state index contributed by atoms with van der Waals surface area (Å²) in [5.74, 6) is 0. The van der Waals surface area contributed by atoms with Crippen LogP contribution in [0.1, 0.15) is 11.1 Å². The van der Waals surface area contributed by atoms with Gasteiger partial charge >= 0.3 is 0 Å². The van der Waals surface area contributed by atoms with Crippen LogP contribution in [0.4, 0.5) is 5.69 Å². The average Bonchev–Trinajstić information content (AvgIpc) is 2.64. The van der Waals surface area contributed by atoms with Crippen LogP contribution in [0.3, 0.4) is 0 Å². The third-order valence-electron chi connectivity index (χ3n) is 3.08. The van der Waals surface area contributed by atoms with E-state index in [1.165, 1.54) is 0 Å². The van der Waals surface area contributed by atoms with E-state index in [2.05, 4.69) is 31.9 Å². The smallest absolute Gasteiger partial charge is 0.258 e. The van der Waals surface area contributed by atoms with Gasteiger partial charge in [0.05, 0.1) is 10.5 Å². The molecule has 0 heterocycles. The number of hydrogen-bond donors (Lipinski definition) is 0. The molecule has 0 spiro atoms. The average molecular weight is 369 g/mol. The van der Waals surface area contributed by atoms with Crippen LogP contribution in [0.15, 0.2) is 39.3 Å². The maximum Gasteiger partial charge on any atom is 0.278 e. The molecule has 1 aliphatic carbocycles. The fraction of sp³-hybridized carbons (Fsp3) is 0.0769. The molecule has 90 valence electrons. The molecule has 0 atom stereocenters. The molecule has 5 heteroatoms. The summed E-state index contributed by atoms with van der Waals surface area (Å²) in [5.41, 5.74) is 4.02. The van der Waals surface area contributed by atoms with Crippen LogP contribution in [-0.4, -0.2) is 4.92 Å². The van der Waals surface area contributed by atoms with E-state index in [1.807, 2.05) is 24.3 Å². The topological polar surface area (TPSA) is 43.1 Å². The standard InChI is InChI=1S/C13H7Br2NO2/c14-9-1-2-11-7(4-9)3-8-5-10(15)6-12(13(8)11)16(17)18/h1-2,4-6H,3H2. The molecule has 0 unspecified atom stereocenters. The highest BCUT2D eigenvalue weighted by atomic mass is 79.9. The van der Waals surface area contributed by atoms with Crippen LogP contribution in [0.5, 0.6) is 0 Å². The molecular formula is C13H7Br2NO2. The van der Waals surface area contributed by atoms with Crippen LogP contribution in [0.2, 0.25) is 0 Å². The van der Waals surface area contributed by atoms with Crippen molar-refractivity contribution in [1.82, 2.24) is 0 Å². The minimum atomic E-state index is -0.319. The van der Waals surface area contributed by atoms with Crippen molar-refractivity contribution in [3.8, 4) is 11.1 Å². The Morgan fingerprint density at radius 1 is 1.06 bits per heavy atom. The molecule has 0 saturated heterocycles. The third kappa shape index (κ3) is 1.78.